The van der Waals surface area contributed by atoms with E-state index in [0.717, 1.165) is 12.1 Å². The number of rotatable bonds is 9. The van der Waals surface area contributed by atoms with E-state index in [0.29, 0.717) is 23.0 Å². The first-order valence-electron chi connectivity index (χ1n) is 8.39. The molecule has 0 spiro atoms. The zero-order valence-corrected chi connectivity index (χ0v) is 15.3. The Morgan fingerprint density at radius 3 is 2.10 bits per heavy atom. The fraction of sp³-hybridized carbons (Fsp3) is 0.263. The lowest BCUT2D eigenvalue weighted by molar-refractivity contribution is -0.129. The fourth-order valence-electron chi connectivity index (χ4n) is 2.50. The molecule has 2 aromatic carbocycles. The molecule has 3 N–H and O–H groups in total. The minimum Gasteiger partial charge on any atom is -0.504 e. The molecule has 154 valence electrons. The minimum absolute atomic E-state index is 0.0395. The summed E-state index contributed by atoms with van der Waals surface area (Å²) in [6.07, 6.45) is -0.433. The molecule has 1 heterocycles. The molecule has 3 rings (SSSR count). The van der Waals surface area contributed by atoms with E-state index in [1.807, 2.05) is 0 Å². The molecule has 0 amide bonds. The van der Waals surface area contributed by atoms with Crippen molar-refractivity contribution < 1.29 is 48.6 Å². The number of ether oxygens (including phenoxy) is 5. The Kier molecular flexibility index (Phi) is 5.82. The number of Topliss-reactive ketones (excluding diaryl/α,β-unsaturated/α-hetero) is 2. The van der Waals surface area contributed by atoms with Gasteiger partial charge in [-0.1, -0.05) is 0 Å². The van der Waals surface area contributed by atoms with Crippen LogP contribution in [0.2, 0.25) is 0 Å². The highest BCUT2D eigenvalue weighted by Crippen LogP contribution is 2.44. The lowest BCUT2D eigenvalue weighted by Gasteiger charge is -2.10. The van der Waals surface area contributed by atoms with E-state index < -0.39 is 41.8 Å². The molecule has 1 aliphatic heterocycles. The third kappa shape index (κ3) is 4.72. The lowest BCUT2D eigenvalue weighted by atomic mass is 10.2. The number of carbonyl (C=O) groups is 2. The summed E-state index contributed by atoms with van der Waals surface area (Å²) in [4.78, 5) is 23.9. The van der Waals surface area contributed by atoms with Crippen LogP contribution < -0.4 is 23.7 Å². The van der Waals surface area contributed by atoms with Gasteiger partial charge in [0.15, 0.2) is 34.6 Å². The SMILES string of the molecule is COc1cc(OCC(=O)CC(=O)COc2cc(O)c(O)c(O)c2)cc2c1OCO2. The number of phenols is 3. The number of fused-ring (bicyclic) bond motifs is 1. The molecule has 29 heavy (non-hydrogen) atoms. The summed E-state index contributed by atoms with van der Waals surface area (Å²) in [5.74, 6) is -1.36. The Hall–Kier alpha value is -3.82. The van der Waals surface area contributed by atoms with E-state index in [9.17, 15) is 24.9 Å². The highest BCUT2D eigenvalue weighted by atomic mass is 16.7. The Morgan fingerprint density at radius 2 is 1.52 bits per heavy atom. The van der Waals surface area contributed by atoms with Crippen LogP contribution >= 0.6 is 0 Å². The standard InChI is InChI=1S/C19H18O10/c1-25-16-5-13(6-17-19(16)29-9-28-17)27-8-11(21)2-10(20)7-26-12-3-14(22)18(24)15(23)4-12/h3-6,22-24H,2,7-9H2,1H3. The zero-order chi connectivity index (χ0) is 21.0. The van der Waals surface area contributed by atoms with Gasteiger partial charge >= 0.3 is 0 Å². The van der Waals surface area contributed by atoms with Crippen LogP contribution in [0.15, 0.2) is 24.3 Å². The second-order valence-corrected chi connectivity index (χ2v) is 6.00. The van der Waals surface area contributed by atoms with Crippen LogP contribution in [0.25, 0.3) is 0 Å². The largest absolute Gasteiger partial charge is 0.504 e. The average molecular weight is 406 g/mol. The van der Waals surface area contributed by atoms with Crippen LogP contribution in [0.4, 0.5) is 0 Å². The summed E-state index contributed by atoms with van der Waals surface area (Å²) < 4.78 is 26.2. The molecule has 0 fully saturated rings. The van der Waals surface area contributed by atoms with Crippen molar-refractivity contribution in [3.05, 3.63) is 24.3 Å². The first-order valence-corrected chi connectivity index (χ1v) is 8.39. The summed E-state index contributed by atoms with van der Waals surface area (Å²) in [5.41, 5.74) is 0. The Balaban J connectivity index is 1.49. The van der Waals surface area contributed by atoms with Crippen LogP contribution in [0.5, 0.6) is 46.0 Å². The monoisotopic (exact) mass is 406 g/mol. The molecule has 0 bridgehead atoms. The minimum atomic E-state index is -0.698. The quantitative estimate of drug-likeness (QED) is 0.415. The van der Waals surface area contributed by atoms with Gasteiger partial charge in [0.05, 0.1) is 13.5 Å². The van der Waals surface area contributed by atoms with Crippen molar-refractivity contribution in [3.63, 3.8) is 0 Å². The fourth-order valence-corrected chi connectivity index (χ4v) is 2.50. The third-order valence-corrected chi connectivity index (χ3v) is 3.87. The molecule has 0 saturated heterocycles. The summed E-state index contributed by atoms with van der Waals surface area (Å²) in [6.45, 7) is -0.762. The van der Waals surface area contributed by atoms with Crippen molar-refractivity contribution in [2.45, 2.75) is 6.42 Å². The lowest BCUT2D eigenvalue weighted by Crippen LogP contribution is -2.20. The number of hydrogen-bond acceptors (Lipinski definition) is 10. The number of phenolic OH excluding ortho intramolecular Hbond substituents is 3. The first-order chi connectivity index (χ1) is 13.9. The van der Waals surface area contributed by atoms with E-state index in [-0.39, 0.29) is 19.1 Å². The van der Waals surface area contributed by atoms with Crippen molar-refractivity contribution in [1.29, 1.82) is 0 Å². The molecule has 1 aliphatic rings. The highest BCUT2D eigenvalue weighted by molar-refractivity contribution is 6.00. The van der Waals surface area contributed by atoms with Crippen molar-refractivity contribution in [2.75, 3.05) is 27.1 Å². The molecule has 0 saturated carbocycles. The second-order valence-electron chi connectivity index (χ2n) is 6.00. The number of benzene rings is 2. The number of methoxy groups -OCH3 is 1. The highest BCUT2D eigenvalue weighted by Gasteiger charge is 2.21. The summed E-state index contributed by atoms with van der Waals surface area (Å²) in [5, 5.41) is 28.0. The molecule has 0 radical (unpaired) electrons. The molecule has 0 unspecified atom stereocenters. The van der Waals surface area contributed by atoms with Gasteiger partial charge in [0.25, 0.3) is 0 Å². The van der Waals surface area contributed by atoms with Crippen molar-refractivity contribution in [3.8, 4) is 46.0 Å². The summed E-state index contributed by atoms with van der Waals surface area (Å²) in [6, 6.07) is 5.14. The molecule has 0 aromatic heterocycles. The van der Waals surface area contributed by atoms with Gasteiger partial charge < -0.3 is 39.0 Å². The van der Waals surface area contributed by atoms with Crippen LogP contribution in [0.3, 0.4) is 0 Å². The zero-order valence-electron chi connectivity index (χ0n) is 15.3. The number of carbonyl (C=O) groups excluding carboxylic acids is 2. The first kappa shape index (κ1) is 19.9. The predicted octanol–water partition coefficient (Wildman–Crippen LogP) is 1.53. The van der Waals surface area contributed by atoms with Gasteiger partial charge in [-0.05, 0) is 0 Å². The molecular formula is C19H18O10. The van der Waals surface area contributed by atoms with Gasteiger partial charge in [-0.15, -0.1) is 0 Å². The van der Waals surface area contributed by atoms with Gasteiger partial charge in [0, 0.05) is 24.3 Å². The van der Waals surface area contributed by atoms with Gasteiger partial charge in [0.2, 0.25) is 18.3 Å². The summed E-state index contributed by atoms with van der Waals surface area (Å²) in [7, 11) is 1.46. The normalized spacial score (nSPS) is 11.8. The van der Waals surface area contributed by atoms with Crippen molar-refractivity contribution in [1.82, 2.24) is 0 Å². The van der Waals surface area contributed by atoms with Crippen LogP contribution in [-0.2, 0) is 9.59 Å². The van der Waals surface area contributed by atoms with E-state index in [1.165, 1.54) is 13.2 Å². The number of hydrogen-bond donors (Lipinski definition) is 3. The summed E-state index contributed by atoms with van der Waals surface area (Å²) >= 11 is 0. The maximum absolute atomic E-state index is 12.0. The van der Waals surface area contributed by atoms with Gasteiger partial charge in [0.1, 0.15) is 24.7 Å². The predicted molar refractivity (Wildman–Crippen MR) is 96.2 cm³/mol. The molecule has 10 nitrogen and oxygen atoms in total. The Labute approximate surface area is 164 Å². The molecule has 0 atom stereocenters. The van der Waals surface area contributed by atoms with Crippen molar-refractivity contribution in [2.24, 2.45) is 0 Å². The molecule has 0 aliphatic carbocycles. The van der Waals surface area contributed by atoms with E-state index in [2.05, 4.69) is 0 Å². The topological polar surface area (TPSA) is 141 Å². The Bertz CT molecular complexity index is 914. The maximum atomic E-state index is 12.0. The van der Waals surface area contributed by atoms with E-state index in [4.69, 9.17) is 23.7 Å². The number of ketones is 2. The average Bonchev–Trinajstić information content (AvgIpc) is 3.16. The molecular weight excluding hydrogens is 388 g/mol. The Morgan fingerprint density at radius 1 is 0.931 bits per heavy atom. The smallest absolute Gasteiger partial charge is 0.231 e. The van der Waals surface area contributed by atoms with Gasteiger partial charge in [-0.3, -0.25) is 9.59 Å². The van der Waals surface area contributed by atoms with Gasteiger partial charge in [-0.25, -0.2) is 0 Å². The van der Waals surface area contributed by atoms with Gasteiger partial charge in [-0.2, -0.15) is 0 Å². The van der Waals surface area contributed by atoms with E-state index in [1.54, 1.807) is 6.07 Å². The second kappa shape index (κ2) is 8.46. The van der Waals surface area contributed by atoms with E-state index >= 15 is 0 Å². The van der Waals surface area contributed by atoms with Crippen LogP contribution in [0, 0.1) is 0 Å². The molecule has 10 heteroatoms. The van der Waals surface area contributed by atoms with Crippen LogP contribution in [-0.4, -0.2) is 54.0 Å². The maximum Gasteiger partial charge on any atom is 0.231 e. The molecule has 2 aromatic rings. The third-order valence-electron chi connectivity index (χ3n) is 3.87. The van der Waals surface area contributed by atoms with Crippen LogP contribution in [0.1, 0.15) is 6.42 Å². The van der Waals surface area contributed by atoms with Crippen molar-refractivity contribution >= 4 is 11.6 Å². The number of aromatic hydroxyl groups is 3.